The molecule has 50 heavy (non-hydrogen) atoms. The zero-order chi connectivity index (χ0) is 37.9. The number of aliphatic hydroxyl groups is 2. The van der Waals surface area contributed by atoms with Gasteiger partial charge >= 0.3 is 26.4 Å². The van der Waals surface area contributed by atoms with Crippen molar-refractivity contribution in [3.05, 3.63) is 12.7 Å². The van der Waals surface area contributed by atoms with Crippen molar-refractivity contribution in [2.24, 2.45) is 0 Å². The first-order valence-electron chi connectivity index (χ1n) is 19.0. The van der Waals surface area contributed by atoms with Crippen molar-refractivity contribution in [1.82, 2.24) is 4.90 Å². The van der Waals surface area contributed by atoms with Crippen LogP contribution in [-0.4, -0.2) is 132 Å². The highest BCUT2D eigenvalue weighted by molar-refractivity contribution is 6.61. The molecule has 0 spiro atoms. The van der Waals surface area contributed by atoms with Gasteiger partial charge in [0.25, 0.3) is 0 Å². The monoisotopic (exact) mass is 771 g/mol. The standard InChI is InChI=1S/C34H73NO12Si3/c1-11-33(38)35(32(30-36)31-37)34(24-21-27-48(39-12-2,40-13-3)41-14-4,25-22-28-49(42-15-5,43-16-6)44-17-7)26-23-29-50(45-18-8,46-19-9)47-20-10/h11,32,36-37H,1,12-31H2,2-10H3. The van der Waals surface area contributed by atoms with E-state index in [0.29, 0.717) is 116 Å². The van der Waals surface area contributed by atoms with Crippen molar-refractivity contribution >= 4 is 32.3 Å². The lowest BCUT2D eigenvalue weighted by atomic mass is 9.81. The first-order chi connectivity index (χ1) is 24.0. The van der Waals surface area contributed by atoms with E-state index in [1.165, 1.54) is 6.08 Å². The molecule has 0 aliphatic heterocycles. The number of carbonyl (C=O) groups excluding carboxylic acids is 1. The molecule has 0 fully saturated rings. The van der Waals surface area contributed by atoms with Gasteiger partial charge in [-0.2, -0.15) is 0 Å². The summed E-state index contributed by atoms with van der Waals surface area (Å²) in [4.78, 5) is 15.6. The SMILES string of the molecule is C=CC(=O)N(C(CO)CO)C(CCC[Si](OCC)(OCC)OCC)(CCC[Si](OCC)(OCC)OCC)CCC[Si](OCC)(OCC)OCC. The van der Waals surface area contributed by atoms with Crippen LogP contribution < -0.4 is 0 Å². The summed E-state index contributed by atoms with van der Waals surface area (Å²) in [5.41, 5.74) is -0.845. The van der Waals surface area contributed by atoms with E-state index in [9.17, 15) is 15.0 Å². The van der Waals surface area contributed by atoms with Gasteiger partial charge in [-0.3, -0.25) is 4.79 Å². The summed E-state index contributed by atoms with van der Waals surface area (Å²) < 4.78 is 55.7. The second kappa shape index (κ2) is 27.9. The molecule has 298 valence electrons. The minimum absolute atomic E-state index is 0.369. The van der Waals surface area contributed by atoms with Crippen LogP contribution in [0.4, 0.5) is 0 Å². The van der Waals surface area contributed by atoms with Crippen LogP contribution in [0.5, 0.6) is 0 Å². The van der Waals surface area contributed by atoms with Crippen molar-refractivity contribution in [1.29, 1.82) is 0 Å². The maximum Gasteiger partial charge on any atom is 0.500 e. The number of hydrogen-bond donors (Lipinski definition) is 2. The maximum absolute atomic E-state index is 13.9. The fraction of sp³-hybridized carbons (Fsp3) is 0.912. The van der Waals surface area contributed by atoms with Crippen LogP contribution in [0.15, 0.2) is 12.7 Å². The molecule has 0 aromatic rings. The highest BCUT2D eigenvalue weighted by Gasteiger charge is 2.48. The third-order valence-corrected chi connectivity index (χ3v) is 17.8. The lowest BCUT2D eigenvalue weighted by Crippen LogP contribution is -2.59. The molecule has 0 heterocycles. The smallest absolute Gasteiger partial charge is 0.394 e. The Bertz CT molecular complexity index is 741. The van der Waals surface area contributed by atoms with Crippen molar-refractivity contribution in [2.45, 2.75) is 131 Å². The van der Waals surface area contributed by atoms with Crippen molar-refractivity contribution < 1.29 is 54.8 Å². The van der Waals surface area contributed by atoms with E-state index in [-0.39, 0.29) is 5.91 Å². The number of carbonyl (C=O) groups is 1. The lowest BCUT2D eigenvalue weighted by Gasteiger charge is -2.48. The predicted octanol–water partition coefficient (Wildman–Crippen LogP) is 5.58. The summed E-state index contributed by atoms with van der Waals surface area (Å²) in [6.45, 7) is 24.4. The molecule has 0 unspecified atom stereocenters. The van der Waals surface area contributed by atoms with Crippen LogP contribution >= 0.6 is 0 Å². The molecule has 0 aromatic heterocycles. The van der Waals surface area contributed by atoms with Crippen LogP contribution in [0.3, 0.4) is 0 Å². The Morgan fingerprint density at radius 3 is 0.980 bits per heavy atom. The average Bonchev–Trinajstić information content (AvgIpc) is 3.07. The first kappa shape index (κ1) is 49.4. The zero-order valence-electron chi connectivity index (χ0n) is 32.9. The Kier molecular flexibility index (Phi) is 27.6. The molecule has 16 heteroatoms. The minimum atomic E-state index is -3.02. The zero-order valence-corrected chi connectivity index (χ0v) is 35.9. The summed E-state index contributed by atoms with van der Waals surface area (Å²) in [6, 6.07) is 0.755. The average molecular weight is 772 g/mol. The van der Waals surface area contributed by atoms with Gasteiger partial charge in [0.05, 0.1) is 19.3 Å². The normalized spacial score (nSPS) is 13.0. The maximum atomic E-state index is 13.9. The van der Waals surface area contributed by atoms with E-state index < -0.39 is 51.2 Å². The highest BCUT2D eigenvalue weighted by Crippen LogP contribution is 2.39. The van der Waals surface area contributed by atoms with Gasteiger partial charge in [-0.25, -0.2) is 0 Å². The molecule has 0 aromatic carbocycles. The third kappa shape index (κ3) is 16.2. The quantitative estimate of drug-likeness (QED) is 0.0614. The highest BCUT2D eigenvalue weighted by atomic mass is 28.4. The fourth-order valence-corrected chi connectivity index (χ4v) is 14.6. The summed E-state index contributed by atoms with van der Waals surface area (Å²) >= 11 is 0. The van der Waals surface area contributed by atoms with Gasteiger partial charge in [0.1, 0.15) is 0 Å². The Balaban J connectivity index is 7.19. The van der Waals surface area contributed by atoms with Crippen LogP contribution in [0, 0.1) is 0 Å². The Hall–Kier alpha value is -0.579. The van der Waals surface area contributed by atoms with Gasteiger partial charge in [-0.15, -0.1) is 0 Å². The van der Waals surface area contributed by atoms with Crippen molar-refractivity contribution in [2.75, 3.05) is 72.7 Å². The van der Waals surface area contributed by atoms with Gasteiger partial charge in [0.15, 0.2) is 0 Å². The lowest BCUT2D eigenvalue weighted by molar-refractivity contribution is -0.141. The summed E-state index contributed by atoms with van der Waals surface area (Å²) in [5.74, 6) is -0.369. The molecular formula is C34H73NO12Si3. The molecule has 1 amide bonds. The number of aliphatic hydroxyl groups excluding tert-OH is 2. The van der Waals surface area contributed by atoms with Crippen LogP contribution in [0.2, 0.25) is 18.1 Å². The molecule has 0 saturated carbocycles. The van der Waals surface area contributed by atoms with E-state index in [1.807, 2.05) is 62.3 Å². The van der Waals surface area contributed by atoms with Crippen molar-refractivity contribution in [3.63, 3.8) is 0 Å². The van der Waals surface area contributed by atoms with Crippen LogP contribution in [0.1, 0.15) is 101 Å². The van der Waals surface area contributed by atoms with Gasteiger partial charge in [-0.1, -0.05) is 6.58 Å². The number of hydrogen-bond acceptors (Lipinski definition) is 12. The van der Waals surface area contributed by atoms with Gasteiger partial charge in [0.2, 0.25) is 5.91 Å². The number of nitrogens with zero attached hydrogens (tertiary/aromatic N) is 1. The van der Waals surface area contributed by atoms with E-state index in [2.05, 4.69) is 6.58 Å². The fourth-order valence-electron chi connectivity index (χ4n) is 6.76. The van der Waals surface area contributed by atoms with Crippen LogP contribution in [-0.2, 0) is 44.6 Å². The molecule has 0 atom stereocenters. The Morgan fingerprint density at radius 1 is 0.560 bits per heavy atom. The molecule has 0 saturated heterocycles. The first-order valence-corrected chi connectivity index (χ1v) is 24.8. The second-order valence-corrected chi connectivity index (χ2v) is 19.9. The van der Waals surface area contributed by atoms with Gasteiger partial charge in [-0.05, 0) is 107 Å². The molecule has 0 aliphatic carbocycles. The van der Waals surface area contributed by atoms with Crippen LogP contribution in [0.25, 0.3) is 0 Å². The Labute approximate surface area is 307 Å². The largest absolute Gasteiger partial charge is 0.500 e. The molecular weight excluding hydrogens is 699 g/mol. The summed E-state index contributed by atoms with van der Waals surface area (Å²) in [6.07, 6.45) is 4.62. The molecule has 0 rings (SSSR count). The predicted molar refractivity (Wildman–Crippen MR) is 202 cm³/mol. The minimum Gasteiger partial charge on any atom is -0.394 e. The third-order valence-electron chi connectivity index (χ3n) is 8.36. The second-order valence-electron chi connectivity index (χ2n) is 11.7. The van der Waals surface area contributed by atoms with Crippen molar-refractivity contribution in [3.8, 4) is 0 Å². The van der Waals surface area contributed by atoms with Gasteiger partial charge in [0, 0.05) is 83.1 Å². The Morgan fingerprint density at radius 2 is 0.800 bits per heavy atom. The number of rotatable bonds is 35. The molecule has 0 radical (unpaired) electrons. The van der Waals surface area contributed by atoms with E-state index in [4.69, 9.17) is 39.8 Å². The van der Waals surface area contributed by atoms with Gasteiger partial charge < -0.3 is 54.9 Å². The molecule has 0 bridgehead atoms. The topological polar surface area (TPSA) is 144 Å². The molecule has 13 nitrogen and oxygen atoms in total. The molecule has 2 N–H and O–H groups in total. The summed E-state index contributed by atoms with van der Waals surface area (Å²) in [7, 11) is -9.07. The number of amides is 1. The summed E-state index contributed by atoms with van der Waals surface area (Å²) in [5, 5.41) is 21.1. The van der Waals surface area contributed by atoms with E-state index >= 15 is 0 Å². The van der Waals surface area contributed by atoms with E-state index in [1.54, 1.807) is 4.90 Å². The molecule has 0 aliphatic rings. The van der Waals surface area contributed by atoms with E-state index in [0.717, 1.165) is 0 Å².